The van der Waals surface area contributed by atoms with Crippen LogP contribution in [0.3, 0.4) is 0 Å². The van der Waals surface area contributed by atoms with Crippen molar-refractivity contribution in [1.29, 1.82) is 0 Å². The van der Waals surface area contributed by atoms with E-state index in [0.717, 1.165) is 27.7 Å². The van der Waals surface area contributed by atoms with Crippen LogP contribution in [0.1, 0.15) is 15.2 Å². The molecule has 0 aliphatic rings. The molecule has 4 rings (SSSR count). The number of aromatic nitrogens is 3. The van der Waals surface area contributed by atoms with Crippen LogP contribution in [0.15, 0.2) is 36.5 Å². The summed E-state index contributed by atoms with van der Waals surface area (Å²) >= 11 is 1.21. The number of carbonyl (C=O) groups excluding carboxylic acids is 1. The molecule has 0 saturated heterocycles. The van der Waals surface area contributed by atoms with Crippen LogP contribution in [-0.4, -0.2) is 27.4 Å². The molecule has 0 atom stereocenters. The zero-order chi connectivity index (χ0) is 18.6. The van der Waals surface area contributed by atoms with Gasteiger partial charge in [0, 0.05) is 29.7 Å². The molecule has 0 aliphatic carbocycles. The molecule has 0 bridgehead atoms. The first-order chi connectivity index (χ1) is 12.3. The maximum Gasteiger partial charge on any atom is 0.416 e. The Kier molecular flexibility index (Phi) is 3.58. The Balaban J connectivity index is 1.97. The predicted molar refractivity (Wildman–Crippen MR) is 91.8 cm³/mol. The standard InChI is InChI=1S/C17H12F3N3O2S/c1-22-8-12-11-7-13(16(24)25-2)26-15(11)23(14(12)21-22)10-5-3-9(4-6-10)17(18,19)20/h3-8H,1-2H3. The molecule has 0 spiro atoms. The highest BCUT2D eigenvalue weighted by Gasteiger charge is 2.30. The maximum absolute atomic E-state index is 12.8. The van der Waals surface area contributed by atoms with Gasteiger partial charge in [0.15, 0.2) is 5.65 Å². The van der Waals surface area contributed by atoms with Gasteiger partial charge >= 0.3 is 12.1 Å². The quantitative estimate of drug-likeness (QED) is 0.486. The predicted octanol–water partition coefficient (Wildman–Crippen LogP) is 4.38. The molecule has 4 aromatic rings. The number of methoxy groups -OCH3 is 1. The normalized spacial score (nSPS) is 12.2. The molecular weight excluding hydrogens is 367 g/mol. The molecule has 0 aliphatic heterocycles. The molecule has 0 radical (unpaired) electrons. The molecule has 3 heterocycles. The Morgan fingerprint density at radius 1 is 1.19 bits per heavy atom. The van der Waals surface area contributed by atoms with Gasteiger partial charge in [0.05, 0.1) is 12.7 Å². The van der Waals surface area contributed by atoms with E-state index in [4.69, 9.17) is 4.74 Å². The maximum atomic E-state index is 12.8. The number of nitrogens with zero attached hydrogens (tertiary/aromatic N) is 3. The number of fused-ring (bicyclic) bond motifs is 3. The lowest BCUT2D eigenvalue weighted by atomic mass is 10.2. The molecule has 5 nitrogen and oxygen atoms in total. The second kappa shape index (κ2) is 5.60. The van der Waals surface area contributed by atoms with E-state index in [-0.39, 0.29) is 0 Å². The van der Waals surface area contributed by atoms with E-state index in [9.17, 15) is 18.0 Å². The number of hydrogen-bond donors (Lipinski definition) is 0. The lowest BCUT2D eigenvalue weighted by Gasteiger charge is -2.09. The van der Waals surface area contributed by atoms with E-state index in [1.807, 2.05) is 6.20 Å². The van der Waals surface area contributed by atoms with Crippen molar-refractivity contribution in [1.82, 2.24) is 14.3 Å². The lowest BCUT2D eigenvalue weighted by molar-refractivity contribution is -0.137. The molecule has 0 fully saturated rings. The fraction of sp³-hybridized carbons (Fsp3) is 0.176. The van der Waals surface area contributed by atoms with Gasteiger partial charge in [-0.05, 0) is 30.3 Å². The van der Waals surface area contributed by atoms with Crippen molar-refractivity contribution >= 4 is 38.6 Å². The fourth-order valence-electron chi connectivity index (χ4n) is 2.91. The smallest absolute Gasteiger partial charge is 0.416 e. The number of carbonyl (C=O) groups is 1. The van der Waals surface area contributed by atoms with Crippen LogP contribution in [0.4, 0.5) is 13.2 Å². The first-order valence-corrected chi connectivity index (χ1v) is 8.35. The van der Waals surface area contributed by atoms with Crippen molar-refractivity contribution in [3.8, 4) is 5.69 Å². The summed E-state index contributed by atoms with van der Waals surface area (Å²) in [5, 5.41) is 6.03. The third-order valence-electron chi connectivity index (χ3n) is 4.07. The van der Waals surface area contributed by atoms with Crippen LogP contribution in [0, 0.1) is 0 Å². The minimum atomic E-state index is -4.40. The number of rotatable bonds is 2. The van der Waals surface area contributed by atoms with Gasteiger partial charge in [-0.3, -0.25) is 9.25 Å². The summed E-state index contributed by atoms with van der Waals surface area (Å²) in [6.07, 6.45) is -2.59. The number of benzene rings is 1. The highest BCUT2D eigenvalue weighted by atomic mass is 32.1. The Morgan fingerprint density at radius 2 is 1.88 bits per heavy atom. The van der Waals surface area contributed by atoms with Crippen LogP contribution >= 0.6 is 11.3 Å². The molecule has 3 aromatic heterocycles. The SMILES string of the molecule is COC(=O)c1cc2c3cn(C)nc3n(-c3ccc(C(F)(F)F)cc3)c2s1. The molecular formula is C17H12F3N3O2S. The second-order valence-corrected chi connectivity index (χ2v) is 6.77. The van der Waals surface area contributed by atoms with Crippen LogP contribution in [0.2, 0.25) is 0 Å². The number of esters is 1. The molecule has 0 unspecified atom stereocenters. The highest BCUT2D eigenvalue weighted by molar-refractivity contribution is 7.20. The number of hydrogen-bond acceptors (Lipinski definition) is 4. The number of halogens is 3. The molecule has 0 amide bonds. The van der Waals surface area contributed by atoms with Gasteiger partial charge in [-0.1, -0.05) is 0 Å². The summed E-state index contributed by atoms with van der Waals surface area (Å²) in [4.78, 5) is 13.0. The summed E-state index contributed by atoms with van der Waals surface area (Å²) in [6.45, 7) is 0. The van der Waals surface area contributed by atoms with Crippen molar-refractivity contribution in [2.24, 2.45) is 7.05 Å². The fourth-order valence-corrected chi connectivity index (χ4v) is 4.02. The molecule has 0 saturated carbocycles. The van der Waals surface area contributed by atoms with Crippen LogP contribution in [0.5, 0.6) is 0 Å². The zero-order valence-electron chi connectivity index (χ0n) is 13.7. The summed E-state index contributed by atoms with van der Waals surface area (Å²) in [5.41, 5.74) is 0.434. The van der Waals surface area contributed by atoms with Gasteiger partial charge in [-0.25, -0.2) is 4.79 Å². The van der Waals surface area contributed by atoms with Gasteiger partial charge in [0.25, 0.3) is 0 Å². The van der Waals surface area contributed by atoms with Crippen LogP contribution in [0.25, 0.3) is 26.9 Å². The molecule has 134 valence electrons. The zero-order valence-corrected chi connectivity index (χ0v) is 14.5. The monoisotopic (exact) mass is 379 g/mol. The van der Waals surface area contributed by atoms with Crippen molar-refractivity contribution in [2.75, 3.05) is 7.11 Å². The molecule has 9 heteroatoms. The Morgan fingerprint density at radius 3 is 2.50 bits per heavy atom. The van der Waals surface area contributed by atoms with Crippen molar-refractivity contribution < 1.29 is 22.7 Å². The first kappa shape index (κ1) is 16.6. The minimum absolute atomic E-state index is 0.420. The minimum Gasteiger partial charge on any atom is -0.465 e. The van der Waals surface area contributed by atoms with E-state index in [2.05, 4.69) is 5.10 Å². The molecule has 1 aromatic carbocycles. The largest absolute Gasteiger partial charge is 0.465 e. The summed E-state index contributed by atoms with van der Waals surface area (Å²) < 4.78 is 46.6. The molecule has 26 heavy (non-hydrogen) atoms. The van der Waals surface area contributed by atoms with E-state index < -0.39 is 17.7 Å². The topological polar surface area (TPSA) is 49.1 Å². The van der Waals surface area contributed by atoms with E-state index in [1.165, 1.54) is 30.6 Å². The second-order valence-electron chi connectivity index (χ2n) is 5.74. The number of alkyl halides is 3. The van der Waals surface area contributed by atoms with E-state index in [1.54, 1.807) is 22.4 Å². The van der Waals surface area contributed by atoms with E-state index in [0.29, 0.717) is 16.2 Å². The van der Waals surface area contributed by atoms with Gasteiger partial charge in [-0.2, -0.15) is 18.3 Å². The van der Waals surface area contributed by atoms with Gasteiger partial charge in [0.1, 0.15) is 9.71 Å². The van der Waals surface area contributed by atoms with Crippen molar-refractivity contribution in [2.45, 2.75) is 6.18 Å². The van der Waals surface area contributed by atoms with E-state index >= 15 is 0 Å². The van der Waals surface area contributed by atoms with Gasteiger partial charge < -0.3 is 4.74 Å². The molecule has 0 N–H and O–H groups in total. The van der Waals surface area contributed by atoms with Crippen molar-refractivity contribution in [3.63, 3.8) is 0 Å². The Bertz CT molecular complexity index is 1140. The number of aryl methyl sites for hydroxylation is 1. The summed E-state index contributed by atoms with van der Waals surface area (Å²) in [5.74, 6) is -0.456. The third kappa shape index (κ3) is 2.47. The average Bonchev–Trinajstić information content (AvgIpc) is 3.23. The summed E-state index contributed by atoms with van der Waals surface area (Å²) in [6, 6.07) is 6.58. The highest BCUT2D eigenvalue weighted by Crippen LogP contribution is 2.38. The first-order valence-electron chi connectivity index (χ1n) is 7.53. The van der Waals surface area contributed by atoms with Crippen LogP contribution < -0.4 is 0 Å². The number of thiophene rings is 1. The Labute approximate surface area is 149 Å². The van der Waals surface area contributed by atoms with Crippen LogP contribution in [-0.2, 0) is 18.0 Å². The van der Waals surface area contributed by atoms with Gasteiger partial charge in [0.2, 0.25) is 0 Å². The number of ether oxygens (including phenoxy) is 1. The third-order valence-corrected chi connectivity index (χ3v) is 5.17. The summed E-state index contributed by atoms with van der Waals surface area (Å²) in [7, 11) is 3.06. The van der Waals surface area contributed by atoms with Gasteiger partial charge in [-0.15, -0.1) is 11.3 Å². The lowest BCUT2D eigenvalue weighted by Crippen LogP contribution is -2.05. The average molecular weight is 379 g/mol. The van der Waals surface area contributed by atoms with Crippen molar-refractivity contribution in [3.05, 3.63) is 47.0 Å². The Hall–Kier alpha value is -2.81.